The molecule has 0 radical (unpaired) electrons. The molecular weight excluding hydrogens is 506 g/mol. The van der Waals surface area contributed by atoms with Crippen LogP contribution in [0.2, 0.25) is 0 Å². The Morgan fingerprint density at radius 1 is 1.03 bits per heavy atom. The van der Waals surface area contributed by atoms with Gasteiger partial charge >= 0.3 is 6.03 Å². The lowest BCUT2D eigenvalue weighted by molar-refractivity contribution is 0.208. The molecule has 1 saturated heterocycles. The quantitative estimate of drug-likeness (QED) is 0.381. The highest BCUT2D eigenvalue weighted by atomic mass is 79.9. The number of halogens is 1. The van der Waals surface area contributed by atoms with E-state index in [1.165, 1.54) is 0 Å². The topological polar surface area (TPSA) is 79.2 Å². The summed E-state index contributed by atoms with van der Waals surface area (Å²) in [6.07, 6.45) is 1.77. The minimum absolute atomic E-state index is 0.0877. The number of aryl methyl sites for hydroxylation is 2. The number of anilines is 2. The lowest BCUT2D eigenvalue weighted by atomic mass is 10.2. The van der Waals surface area contributed by atoms with Crippen LogP contribution in [0.15, 0.2) is 59.1 Å². The van der Waals surface area contributed by atoms with Crippen molar-refractivity contribution in [2.75, 3.05) is 36.4 Å². The fraction of sp³-hybridized carbons (Fsp3) is 0.308. The van der Waals surface area contributed by atoms with Gasteiger partial charge in [0.25, 0.3) is 0 Å². The number of piperazine rings is 1. The Kier molecular flexibility index (Phi) is 6.68. The van der Waals surface area contributed by atoms with Crippen molar-refractivity contribution in [1.29, 1.82) is 0 Å². The molecule has 2 aromatic heterocycles. The molecule has 1 N–H and O–H groups in total. The summed E-state index contributed by atoms with van der Waals surface area (Å²) in [5.41, 5.74) is 3.48. The maximum Gasteiger partial charge on any atom is 0.321 e. The summed E-state index contributed by atoms with van der Waals surface area (Å²) in [7, 11) is 0. The summed E-state index contributed by atoms with van der Waals surface area (Å²) in [6.45, 7) is 6.76. The van der Waals surface area contributed by atoms with Gasteiger partial charge in [-0.1, -0.05) is 47.1 Å². The van der Waals surface area contributed by atoms with E-state index in [2.05, 4.69) is 33.1 Å². The van der Waals surface area contributed by atoms with Crippen LogP contribution in [0.4, 0.5) is 16.3 Å². The maximum absolute atomic E-state index is 12.8. The fourth-order valence-electron chi connectivity index (χ4n) is 4.41. The lowest BCUT2D eigenvalue weighted by Crippen LogP contribution is -2.50. The normalized spacial score (nSPS) is 13.9. The third kappa shape index (κ3) is 4.86. The number of nitrogens with zero attached hydrogens (tertiary/aromatic N) is 6. The molecule has 1 aliphatic heterocycles. The van der Waals surface area contributed by atoms with E-state index < -0.39 is 0 Å². The Morgan fingerprint density at radius 2 is 1.80 bits per heavy atom. The van der Waals surface area contributed by atoms with Gasteiger partial charge in [0, 0.05) is 42.8 Å². The second-order valence-corrected chi connectivity index (χ2v) is 9.58. The monoisotopic (exact) mass is 533 g/mol. The molecule has 5 rings (SSSR count). The number of fused-ring (bicyclic) bond motifs is 1. The highest BCUT2D eigenvalue weighted by molar-refractivity contribution is 9.10. The van der Waals surface area contributed by atoms with Crippen LogP contribution in [-0.2, 0) is 6.42 Å². The molecule has 2 amide bonds. The van der Waals surface area contributed by atoms with E-state index >= 15 is 0 Å². The van der Waals surface area contributed by atoms with Crippen molar-refractivity contribution in [3.05, 3.63) is 70.6 Å². The summed E-state index contributed by atoms with van der Waals surface area (Å²) in [6, 6.07) is 17.6. The summed E-state index contributed by atoms with van der Waals surface area (Å²) in [5.74, 6) is 1.73. The van der Waals surface area contributed by atoms with Crippen LogP contribution >= 0.6 is 15.9 Å². The number of benzene rings is 2. The number of urea groups is 1. The molecule has 3 heterocycles. The number of para-hydroxylation sites is 1. The summed E-state index contributed by atoms with van der Waals surface area (Å²) in [4.78, 5) is 26.8. The Morgan fingerprint density at radius 3 is 2.51 bits per heavy atom. The number of carbonyl (C=O) groups excluding carboxylic acids is 1. The third-order valence-electron chi connectivity index (χ3n) is 6.15. The summed E-state index contributed by atoms with van der Waals surface area (Å²) < 4.78 is 2.85. The maximum atomic E-state index is 12.8. The lowest BCUT2D eigenvalue weighted by Gasteiger charge is -2.35. The van der Waals surface area contributed by atoms with Gasteiger partial charge in [0.1, 0.15) is 11.6 Å². The minimum Gasteiger partial charge on any atom is -0.352 e. The molecule has 8 nitrogen and oxygen atoms in total. The SMILES string of the molecule is CCCc1nc(N2CCN(C(=O)Nc3cccc(Br)c3)CC2)c2c(C)nn(-c3ccccc3)c2n1. The predicted octanol–water partition coefficient (Wildman–Crippen LogP) is 5.19. The van der Waals surface area contributed by atoms with E-state index in [-0.39, 0.29) is 6.03 Å². The van der Waals surface area contributed by atoms with Crippen LogP contribution in [0.5, 0.6) is 0 Å². The number of hydrogen-bond acceptors (Lipinski definition) is 5. The van der Waals surface area contributed by atoms with Gasteiger partial charge in [-0.15, -0.1) is 0 Å². The third-order valence-corrected chi connectivity index (χ3v) is 6.64. The average Bonchev–Trinajstić information content (AvgIpc) is 3.21. The van der Waals surface area contributed by atoms with Gasteiger partial charge in [-0.05, 0) is 43.7 Å². The largest absolute Gasteiger partial charge is 0.352 e. The molecule has 0 unspecified atom stereocenters. The summed E-state index contributed by atoms with van der Waals surface area (Å²) >= 11 is 3.45. The van der Waals surface area contributed by atoms with Gasteiger partial charge in [-0.2, -0.15) is 5.10 Å². The minimum atomic E-state index is -0.0877. The van der Waals surface area contributed by atoms with Gasteiger partial charge < -0.3 is 15.1 Å². The summed E-state index contributed by atoms with van der Waals surface area (Å²) in [5, 5.41) is 8.79. The van der Waals surface area contributed by atoms with Crippen molar-refractivity contribution < 1.29 is 4.79 Å². The molecule has 0 aliphatic carbocycles. The predicted molar refractivity (Wildman–Crippen MR) is 142 cm³/mol. The number of hydrogen-bond donors (Lipinski definition) is 1. The van der Waals surface area contributed by atoms with E-state index in [1.807, 2.05) is 71.1 Å². The van der Waals surface area contributed by atoms with Crippen LogP contribution in [-0.4, -0.2) is 56.9 Å². The van der Waals surface area contributed by atoms with E-state index in [1.54, 1.807) is 0 Å². The van der Waals surface area contributed by atoms with Crippen LogP contribution < -0.4 is 10.2 Å². The number of amides is 2. The van der Waals surface area contributed by atoms with E-state index in [9.17, 15) is 4.79 Å². The Hall–Kier alpha value is -3.46. The Labute approximate surface area is 213 Å². The molecule has 1 fully saturated rings. The van der Waals surface area contributed by atoms with Crippen molar-refractivity contribution in [2.24, 2.45) is 0 Å². The van der Waals surface area contributed by atoms with Crippen molar-refractivity contribution in [2.45, 2.75) is 26.7 Å². The smallest absolute Gasteiger partial charge is 0.321 e. The number of nitrogens with one attached hydrogen (secondary N) is 1. The van der Waals surface area contributed by atoms with Crippen LogP contribution in [0, 0.1) is 6.92 Å². The molecule has 0 atom stereocenters. The van der Waals surface area contributed by atoms with Crippen molar-refractivity contribution in [3.63, 3.8) is 0 Å². The molecule has 35 heavy (non-hydrogen) atoms. The molecular formula is C26H28BrN7O. The molecule has 4 aromatic rings. The van der Waals surface area contributed by atoms with E-state index in [0.717, 1.165) is 57.1 Å². The molecule has 2 aromatic carbocycles. The van der Waals surface area contributed by atoms with Crippen LogP contribution in [0.3, 0.4) is 0 Å². The second-order valence-electron chi connectivity index (χ2n) is 8.66. The highest BCUT2D eigenvalue weighted by Crippen LogP contribution is 2.30. The van der Waals surface area contributed by atoms with Gasteiger partial charge in [0.15, 0.2) is 5.65 Å². The zero-order valence-electron chi connectivity index (χ0n) is 19.9. The molecule has 0 spiro atoms. The first kappa shape index (κ1) is 23.3. The molecule has 180 valence electrons. The molecule has 1 aliphatic rings. The Bertz CT molecular complexity index is 1350. The molecule has 0 saturated carbocycles. The average molecular weight is 534 g/mol. The first-order valence-corrected chi connectivity index (χ1v) is 12.7. The first-order valence-electron chi connectivity index (χ1n) is 11.9. The number of rotatable bonds is 5. The zero-order valence-corrected chi connectivity index (χ0v) is 21.5. The zero-order chi connectivity index (χ0) is 24.4. The first-order chi connectivity index (χ1) is 17.0. The van der Waals surface area contributed by atoms with E-state index in [0.29, 0.717) is 26.2 Å². The van der Waals surface area contributed by atoms with E-state index in [4.69, 9.17) is 15.1 Å². The van der Waals surface area contributed by atoms with Gasteiger partial charge in [0.2, 0.25) is 0 Å². The van der Waals surface area contributed by atoms with Crippen LogP contribution in [0.1, 0.15) is 24.9 Å². The molecule has 0 bridgehead atoms. The van der Waals surface area contributed by atoms with Crippen molar-refractivity contribution in [3.8, 4) is 5.69 Å². The number of carbonyl (C=O) groups is 1. The number of aromatic nitrogens is 4. The molecule has 9 heteroatoms. The van der Waals surface area contributed by atoms with Crippen LogP contribution in [0.25, 0.3) is 16.7 Å². The van der Waals surface area contributed by atoms with Gasteiger partial charge in [-0.3, -0.25) is 0 Å². The fourth-order valence-corrected chi connectivity index (χ4v) is 4.81. The second kappa shape index (κ2) is 10.0. The van der Waals surface area contributed by atoms with Crippen molar-refractivity contribution in [1.82, 2.24) is 24.6 Å². The van der Waals surface area contributed by atoms with Gasteiger partial charge in [0.05, 0.1) is 16.8 Å². The Balaban J connectivity index is 1.41. The van der Waals surface area contributed by atoms with Crippen molar-refractivity contribution >= 4 is 44.5 Å². The standard InChI is InChI=1S/C26H28BrN7O/c1-3-8-22-29-24(23-18(2)31-34(25(23)30-22)21-11-5-4-6-12-21)32-13-15-33(16-14-32)26(35)28-20-10-7-9-19(27)17-20/h4-7,9-12,17H,3,8,13-16H2,1-2H3,(H,28,35). The van der Waals surface area contributed by atoms with Gasteiger partial charge in [-0.25, -0.2) is 19.4 Å². The highest BCUT2D eigenvalue weighted by Gasteiger charge is 2.26.